The molecule has 0 aliphatic carbocycles. The molecular weight excluding hydrogens is 476 g/mol. The fraction of sp³-hybridized carbons (Fsp3) is 0.375. The van der Waals surface area contributed by atoms with E-state index >= 15 is 0 Å². The van der Waals surface area contributed by atoms with Crippen LogP contribution in [0.4, 0.5) is 4.79 Å². The predicted octanol–water partition coefficient (Wildman–Crippen LogP) is 3.70. The molecule has 2 atom stereocenters. The zero-order valence-electron chi connectivity index (χ0n) is 18.1. The van der Waals surface area contributed by atoms with Crippen LogP contribution in [0.5, 0.6) is 0 Å². The molecule has 0 aromatic heterocycles. The molecular formula is C24H27BrN2O5. The number of nitrogens with zero attached hydrogens (tertiary/aromatic N) is 1. The van der Waals surface area contributed by atoms with Gasteiger partial charge in [-0.05, 0) is 29.2 Å². The van der Waals surface area contributed by atoms with Crippen LogP contribution >= 0.6 is 15.9 Å². The second-order valence-electron chi connectivity index (χ2n) is 7.99. The van der Waals surface area contributed by atoms with Crippen molar-refractivity contribution >= 4 is 33.7 Å². The summed E-state index contributed by atoms with van der Waals surface area (Å²) in [6.45, 7) is 4.05. The van der Waals surface area contributed by atoms with Gasteiger partial charge in [0, 0.05) is 4.47 Å². The van der Waals surface area contributed by atoms with Crippen LogP contribution in [0.2, 0.25) is 0 Å². The second kappa shape index (κ2) is 11.4. The number of nitrogens with one attached hydrogen (secondary N) is 1. The Morgan fingerprint density at radius 2 is 1.62 bits per heavy atom. The molecule has 2 aromatic rings. The van der Waals surface area contributed by atoms with Crippen molar-refractivity contribution in [2.45, 2.75) is 39.1 Å². The van der Waals surface area contributed by atoms with E-state index in [4.69, 9.17) is 9.47 Å². The van der Waals surface area contributed by atoms with E-state index in [1.807, 2.05) is 54.6 Å². The Balaban J connectivity index is 1.55. The number of amides is 3. The Kier molecular flexibility index (Phi) is 8.55. The summed E-state index contributed by atoms with van der Waals surface area (Å²) in [7, 11) is 0. The Morgan fingerprint density at radius 3 is 2.28 bits per heavy atom. The molecule has 3 amide bonds. The van der Waals surface area contributed by atoms with Gasteiger partial charge in [0.05, 0.1) is 19.8 Å². The molecule has 1 fully saturated rings. The first-order chi connectivity index (χ1) is 15.4. The maximum absolute atomic E-state index is 12.9. The molecule has 0 saturated carbocycles. The highest BCUT2D eigenvalue weighted by molar-refractivity contribution is 9.10. The van der Waals surface area contributed by atoms with E-state index in [9.17, 15) is 14.4 Å². The lowest BCUT2D eigenvalue weighted by molar-refractivity contribution is -0.139. The average Bonchev–Trinajstić information content (AvgIpc) is 3.04. The maximum atomic E-state index is 12.9. The van der Waals surface area contributed by atoms with Gasteiger partial charge >= 0.3 is 6.03 Å². The van der Waals surface area contributed by atoms with Crippen molar-refractivity contribution in [2.24, 2.45) is 5.92 Å². The largest absolute Gasteiger partial charge is 0.374 e. The summed E-state index contributed by atoms with van der Waals surface area (Å²) < 4.78 is 12.1. The van der Waals surface area contributed by atoms with Crippen molar-refractivity contribution in [1.29, 1.82) is 0 Å². The van der Waals surface area contributed by atoms with E-state index in [2.05, 4.69) is 21.2 Å². The van der Waals surface area contributed by atoms with Gasteiger partial charge in [-0.15, -0.1) is 0 Å². The SMILES string of the molecule is CC(C)[C@H](C(=O)COCc1ccccc1)N1C(=O)N[C@@H](COCc2ccc(Br)cc2)C1=O. The van der Waals surface area contributed by atoms with Gasteiger partial charge in [0.25, 0.3) is 5.91 Å². The number of ether oxygens (including phenoxy) is 2. The molecule has 2 aromatic carbocycles. The van der Waals surface area contributed by atoms with Gasteiger partial charge in [-0.1, -0.05) is 72.2 Å². The van der Waals surface area contributed by atoms with Gasteiger partial charge < -0.3 is 14.8 Å². The predicted molar refractivity (Wildman–Crippen MR) is 123 cm³/mol. The number of rotatable bonds is 11. The van der Waals surface area contributed by atoms with Crippen molar-refractivity contribution in [1.82, 2.24) is 10.2 Å². The van der Waals surface area contributed by atoms with Crippen LogP contribution in [0, 0.1) is 5.92 Å². The van der Waals surface area contributed by atoms with Crippen molar-refractivity contribution in [3.05, 3.63) is 70.2 Å². The minimum absolute atomic E-state index is 0.0284. The summed E-state index contributed by atoms with van der Waals surface area (Å²) in [6, 6.07) is 14.8. The number of benzene rings is 2. The monoisotopic (exact) mass is 502 g/mol. The third-order valence-corrected chi connectivity index (χ3v) is 5.64. The highest BCUT2D eigenvalue weighted by atomic mass is 79.9. The van der Waals surface area contributed by atoms with Gasteiger partial charge in [-0.25, -0.2) is 4.79 Å². The van der Waals surface area contributed by atoms with E-state index in [-0.39, 0.29) is 31.5 Å². The molecule has 1 aliphatic rings. The quantitative estimate of drug-likeness (QED) is 0.473. The van der Waals surface area contributed by atoms with Crippen LogP contribution in [0.3, 0.4) is 0 Å². The molecule has 1 aliphatic heterocycles. The van der Waals surface area contributed by atoms with Crippen LogP contribution in [0.1, 0.15) is 25.0 Å². The maximum Gasteiger partial charge on any atom is 0.325 e. The third-order valence-electron chi connectivity index (χ3n) is 5.11. The van der Waals surface area contributed by atoms with Gasteiger partial charge in [-0.3, -0.25) is 14.5 Å². The summed E-state index contributed by atoms with van der Waals surface area (Å²) >= 11 is 3.38. The number of carbonyl (C=O) groups excluding carboxylic acids is 3. The topological polar surface area (TPSA) is 84.9 Å². The van der Waals surface area contributed by atoms with Crippen LogP contribution in [-0.2, 0) is 32.3 Å². The van der Waals surface area contributed by atoms with Crippen molar-refractivity contribution in [3.63, 3.8) is 0 Å². The molecule has 170 valence electrons. The van der Waals surface area contributed by atoms with E-state index in [0.717, 1.165) is 20.5 Å². The number of ketones is 1. The molecule has 3 rings (SSSR count). The van der Waals surface area contributed by atoms with Crippen molar-refractivity contribution in [2.75, 3.05) is 13.2 Å². The molecule has 8 heteroatoms. The van der Waals surface area contributed by atoms with Crippen molar-refractivity contribution < 1.29 is 23.9 Å². The Hall–Kier alpha value is -2.55. The van der Waals surface area contributed by atoms with Crippen molar-refractivity contribution in [3.8, 4) is 0 Å². The first kappa shape index (κ1) is 24.1. The fourth-order valence-electron chi connectivity index (χ4n) is 3.54. The number of Topliss-reactive ketones (excluding diaryl/α,β-unsaturated/α-hetero) is 1. The minimum atomic E-state index is -0.894. The first-order valence-corrected chi connectivity index (χ1v) is 11.3. The Bertz CT molecular complexity index is 933. The van der Waals surface area contributed by atoms with Gasteiger partial charge in [0.1, 0.15) is 18.7 Å². The average molecular weight is 503 g/mol. The van der Waals surface area contributed by atoms with Crippen LogP contribution in [0.15, 0.2) is 59.1 Å². The van der Waals surface area contributed by atoms with E-state index < -0.39 is 24.0 Å². The van der Waals surface area contributed by atoms with E-state index in [0.29, 0.717) is 6.61 Å². The zero-order valence-corrected chi connectivity index (χ0v) is 19.7. The lowest BCUT2D eigenvalue weighted by Crippen LogP contribution is -2.50. The van der Waals surface area contributed by atoms with E-state index in [1.165, 1.54) is 0 Å². The highest BCUT2D eigenvalue weighted by Gasteiger charge is 2.45. The van der Waals surface area contributed by atoms with Crippen LogP contribution in [0.25, 0.3) is 0 Å². The van der Waals surface area contributed by atoms with Gasteiger partial charge in [0.15, 0.2) is 5.78 Å². The first-order valence-electron chi connectivity index (χ1n) is 10.5. The number of imide groups is 1. The molecule has 0 bridgehead atoms. The minimum Gasteiger partial charge on any atom is -0.374 e. The lowest BCUT2D eigenvalue weighted by atomic mass is 9.98. The zero-order chi connectivity index (χ0) is 23.1. The summed E-state index contributed by atoms with van der Waals surface area (Å²) in [5.41, 5.74) is 1.90. The normalized spacial score (nSPS) is 17.0. The number of halogens is 1. The van der Waals surface area contributed by atoms with E-state index in [1.54, 1.807) is 13.8 Å². The van der Waals surface area contributed by atoms with Gasteiger partial charge in [0.2, 0.25) is 0 Å². The molecule has 0 spiro atoms. The Morgan fingerprint density at radius 1 is 1.00 bits per heavy atom. The third kappa shape index (κ3) is 6.25. The molecule has 1 saturated heterocycles. The van der Waals surface area contributed by atoms with Crippen LogP contribution < -0.4 is 5.32 Å². The molecule has 1 N–H and O–H groups in total. The molecule has 0 unspecified atom stereocenters. The molecule has 7 nitrogen and oxygen atoms in total. The lowest BCUT2D eigenvalue weighted by Gasteiger charge is -2.27. The Labute approximate surface area is 196 Å². The molecule has 0 radical (unpaired) electrons. The summed E-state index contributed by atoms with van der Waals surface area (Å²) in [5.74, 6) is -1.02. The number of urea groups is 1. The standard InChI is InChI=1S/C24H27BrN2O5/c1-16(2)22(21(28)15-32-12-17-6-4-3-5-7-17)27-23(29)20(26-24(27)30)14-31-13-18-8-10-19(25)11-9-18/h3-11,16,20,22H,12-15H2,1-2H3,(H,26,30)/t20-,22+/m0/s1. The highest BCUT2D eigenvalue weighted by Crippen LogP contribution is 2.19. The summed E-state index contributed by atoms with van der Waals surface area (Å²) in [5, 5.41) is 2.63. The number of hydrogen-bond donors (Lipinski definition) is 1. The van der Waals surface area contributed by atoms with Crippen LogP contribution in [-0.4, -0.2) is 47.9 Å². The number of carbonyl (C=O) groups is 3. The summed E-state index contributed by atoms with van der Waals surface area (Å²) in [6.07, 6.45) is 0. The smallest absolute Gasteiger partial charge is 0.325 e. The molecule has 32 heavy (non-hydrogen) atoms. The number of hydrogen-bond acceptors (Lipinski definition) is 5. The second-order valence-corrected chi connectivity index (χ2v) is 8.90. The summed E-state index contributed by atoms with van der Waals surface area (Å²) in [4.78, 5) is 39.3. The van der Waals surface area contributed by atoms with Gasteiger partial charge in [-0.2, -0.15) is 0 Å². The fourth-order valence-corrected chi connectivity index (χ4v) is 3.81. The molecule has 1 heterocycles.